The van der Waals surface area contributed by atoms with Crippen molar-refractivity contribution in [3.8, 4) is 11.5 Å². The van der Waals surface area contributed by atoms with Crippen LogP contribution in [0, 0.1) is 0 Å². The average Bonchev–Trinajstić information content (AvgIpc) is 3.28. The number of ether oxygens (including phenoxy) is 2. The van der Waals surface area contributed by atoms with E-state index < -0.39 is 10.0 Å². The van der Waals surface area contributed by atoms with Crippen LogP contribution in [0.1, 0.15) is 36.9 Å². The molecule has 2 atom stereocenters. The van der Waals surface area contributed by atoms with E-state index in [1.165, 1.54) is 12.1 Å². The van der Waals surface area contributed by atoms with Crippen molar-refractivity contribution in [2.75, 3.05) is 26.3 Å². The summed E-state index contributed by atoms with van der Waals surface area (Å²) < 4.78 is 34.0. The molecule has 0 saturated carbocycles. The van der Waals surface area contributed by atoms with Gasteiger partial charge in [-0.2, -0.15) is 0 Å². The fourth-order valence-electron chi connectivity index (χ4n) is 4.35. The molecular formula is C23H29N3O5S. The first-order valence-corrected chi connectivity index (χ1v) is 12.4. The van der Waals surface area contributed by atoms with E-state index in [-0.39, 0.29) is 22.9 Å². The van der Waals surface area contributed by atoms with Crippen molar-refractivity contribution in [2.24, 2.45) is 5.14 Å². The normalized spacial score (nSPS) is 19.5. The molecule has 2 unspecified atom stereocenters. The molecule has 1 amide bonds. The number of rotatable bonds is 7. The third kappa shape index (κ3) is 5.06. The average molecular weight is 460 g/mol. The number of amides is 1. The number of nitrogens with two attached hydrogens (primary N) is 1. The number of carbonyl (C=O) groups excluding carboxylic acids is 1. The van der Waals surface area contributed by atoms with Crippen molar-refractivity contribution in [3.63, 3.8) is 0 Å². The van der Waals surface area contributed by atoms with Gasteiger partial charge in [0.05, 0.1) is 10.9 Å². The largest absolute Gasteiger partial charge is 0.486 e. The first-order chi connectivity index (χ1) is 15.3. The number of benzene rings is 2. The first-order valence-electron chi connectivity index (χ1n) is 10.9. The predicted molar refractivity (Wildman–Crippen MR) is 120 cm³/mol. The van der Waals surface area contributed by atoms with E-state index in [0.717, 1.165) is 42.0 Å². The minimum absolute atomic E-state index is 0.0180. The van der Waals surface area contributed by atoms with Crippen LogP contribution in [0.15, 0.2) is 47.4 Å². The van der Waals surface area contributed by atoms with Gasteiger partial charge in [-0.05, 0) is 68.1 Å². The van der Waals surface area contributed by atoms with Gasteiger partial charge >= 0.3 is 0 Å². The fourth-order valence-corrected chi connectivity index (χ4v) is 4.87. The summed E-state index contributed by atoms with van der Waals surface area (Å²) in [6.45, 7) is 4.39. The Balaban J connectivity index is 1.34. The lowest BCUT2D eigenvalue weighted by molar-refractivity contribution is -0.126. The molecule has 0 spiro atoms. The second kappa shape index (κ2) is 9.48. The Morgan fingerprint density at radius 3 is 2.59 bits per heavy atom. The highest BCUT2D eigenvalue weighted by Gasteiger charge is 2.33. The lowest BCUT2D eigenvalue weighted by atomic mass is 10.0. The van der Waals surface area contributed by atoms with E-state index in [1.54, 1.807) is 12.1 Å². The summed E-state index contributed by atoms with van der Waals surface area (Å²) >= 11 is 0. The van der Waals surface area contributed by atoms with Gasteiger partial charge in [0, 0.05) is 12.6 Å². The Bertz CT molecular complexity index is 1070. The topological polar surface area (TPSA) is 111 Å². The molecule has 172 valence electrons. The first kappa shape index (κ1) is 22.6. The summed E-state index contributed by atoms with van der Waals surface area (Å²) in [5.41, 5.74) is 2.07. The molecule has 2 aliphatic heterocycles. The molecule has 2 aromatic rings. The van der Waals surface area contributed by atoms with Crippen LogP contribution in [-0.4, -0.2) is 51.6 Å². The summed E-state index contributed by atoms with van der Waals surface area (Å²) in [5.74, 6) is 1.52. The van der Waals surface area contributed by atoms with Crippen LogP contribution in [0.3, 0.4) is 0 Å². The van der Waals surface area contributed by atoms with Gasteiger partial charge in [0.1, 0.15) is 13.2 Å². The van der Waals surface area contributed by atoms with Crippen LogP contribution in [-0.2, 0) is 21.2 Å². The van der Waals surface area contributed by atoms with Gasteiger partial charge in [-0.25, -0.2) is 13.6 Å². The van der Waals surface area contributed by atoms with E-state index >= 15 is 0 Å². The minimum atomic E-state index is -3.70. The number of fused-ring (bicyclic) bond motifs is 1. The molecule has 8 nitrogen and oxygen atoms in total. The number of nitrogens with one attached hydrogen (secondary N) is 1. The van der Waals surface area contributed by atoms with Crippen molar-refractivity contribution < 1.29 is 22.7 Å². The summed E-state index contributed by atoms with van der Waals surface area (Å²) in [4.78, 5) is 15.1. The molecule has 1 saturated heterocycles. The molecule has 9 heteroatoms. The standard InChI is InChI=1S/C23H29N3O5S/c1-16(23(27)25-11-10-17-4-7-19(8-5-17)32(24,28)29)26-12-2-3-20(26)18-6-9-21-22(15-18)31-14-13-30-21/h4-9,15-16,20H,2-3,10-14H2,1H3,(H,25,27)(H2,24,28,29). The molecule has 1 fully saturated rings. The highest BCUT2D eigenvalue weighted by Crippen LogP contribution is 2.38. The number of sulfonamides is 1. The quantitative estimate of drug-likeness (QED) is 0.655. The van der Waals surface area contributed by atoms with Crippen molar-refractivity contribution in [1.82, 2.24) is 10.2 Å². The van der Waals surface area contributed by atoms with Crippen molar-refractivity contribution in [2.45, 2.75) is 43.2 Å². The third-order valence-corrected chi connectivity index (χ3v) is 7.02. The minimum Gasteiger partial charge on any atom is -0.486 e. The molecule has 0 aromatic heterocycles. The van der Waals surface area contributed by atoms with E-state index in [9.17, 15) is 13.2 Å². The Hall–Kier alpha value is -2.62. The third-order valence-electron chi connectivity index (χ3n) is 6.09. The summed E-state index contributed by atoms with van der Waals surface area (Å²) in [5, 5.41) is 8.13. The zero-order valence-electron chi connectivity index (χ0n) is 18.1. The summed E-state index contributed by atoms with van der Waals surface area (Å²) in [7, 11) is -3.70. The van der Waals surface area contributed by atoms with Gasteiger partial charge in [-0.3, -0.25) is 9.69 Å². The van der Waals surface area contributed by atoms with Gasteiger partial charge < -0.3 is 14.8 Å². The maximum Gasteiger partial charge on any atom is 0.238 e. The lowest BCUT2D eigenvalue weighted by Gasteiger charge is -2.31. The second-order valence-corrected chi connectivity index (χ2v) is 9.77. The van der Waals surface area contributed by atoms with E-state index in [2.05, 4.69) is 16.3 Å². The Kier molecular flexibility index (Phi) is 6.68. The van der Waals surface area contributed by atoms with Crippen molar-refractivity contribution in [3.05, 3.63) is 53.6 Å². The smallest absolute Gasteiger partial charge is 0.238 e. The molecule has 0 radical (unpaired) electrons. The van der Waals surface area contributed by atoms with Crippen LogP contribution < -0.4 is 19.9 Å². The van der Waals surface area contributed by atoms with Crippen LogP contribution in [0.4, 0.5) is 0 Å². The number of likely N-dealkylation sites (tertiary alicyclic amines) is 1. The maximum atomic E-state index is 12.8. The second-order valence-electron chi connectivity index (χ2n) is 8.20. The number of nitrogens with zero attached hydrogens (tertiary/aromatic N) is 1. The molecule has 3 N–H and O–H groups in total. The van der Waals surface area contributed by atoms with Gasteiger partial charge in [-0.1, -0.05) is 18.2 Å². The summed E-state index contributed by atoms with van der Waals surface area (Å²) in [6, 6.07) is 12.3. The molecule has 2 heterocycles. The Morgan fingerprint density at radius 2 is 1.88 bits per heavy atom. The highest BCUT2D eigenvalue weighted by molar-refractivity contribution is 7.89. The maximum absolute atomic E-state index is 12.8. The van der Waals surface area contributed by atoms with E-state index in [4.69, 9.17) is 14.6 Å². The van der Waals surface area contributed by atoms with E-state index in [0.29, 0.717) is 26.2 Å². The van der Waals surface area contributed by atoms with Gasteiger partial charge in [0.15, 0.2) is 11.5 Å². The molecule has 4 rings (SSSR count). The fraction of sp³-hybridized carbons (Fsp3) is 0.435. The van der Waals surface area contributed by atoms with Gasteiger partial charge in [-0.15, -0.1) is 0 Å². The summed E-state index contributed by atoms with van der Waals surface area (Å²) in [6.07, 6.45) is 2.63. The predicted octanol–water partition coefficient (Wildman–Crippen LogP) is 1.99. The number of hydrogen-bond donors (Lipinski definition) is 2. The van der Waals surface area contributed by atoms with Crippen LogP contribution in [0.2, 0.25) is 0 Å². The van der Waals surface area contributed by atoms with Crippen molar-refractivity contribution >= 4 is 15.9 Å². The Morgan fingerprint density at radius 1 is 1.16 bits per heavy atom. The van der Waals surface area contributed by atoms with E-state index in [1.807, 2.05) is 19.1 Å². The van der Waals surface area contributed by atoms with Gasteiger partial charge in [0.2, 0.25) is 15.9 Å². The van der Waals surface area contributed by atoms with Crippen LogP contribution >= 0.6 is 0 Å². The van der Waals surface area contributed by atoms with Gasteiger partial charge in [0.25, 0.3) is 0 Å². The monoisotopic (exact) mass is 459 g/mol. The molecule has 32 heavy (non-hydrogen) atoms. The SMILES string of the molecule is CC(C(=O)NCCc1ccc(S(N)(=O)=O)cc1)N1CCCC1c1ccc2c(c1)OCCO2. The zero-order chi connectivity index (χ0) is 22.7. The Labute approximate surface area is 188 Å². The molecule has 0 bridgehead atoms. The number of primary sulfonamides is 1. The number of carbonyl (C=O) groups is 1. The molecular weight excluding hydrogens is 430 g/mol. The molecule has 0 aliphatic carbocycles. The van der Waals surface area contributed by atoms with Crippen LogP contribution in [0.25, 0.3) is 0 Å². The van der Waals surface area contributed by atoms with Crippen LogP contribution in [0.5, 0.6) is 11.5 Å². The number of hydrogen-bond acceptors (Lipinski definition) is 6. The highest BCUT2D eigenvalue weighted by atomic mass is 32.2. The lowest BCUT2D eigenvalue weighted by Crippen LogP contribution is -2.45. The molecule has 2 aliphatic rings. The molecule has 2 aromatic carbocycles. The van der Waals surface area contributed by atoms with Crippen molar-refractivity contribution in [1.29, 1.82) is 0 Å². The zero-order valence-corrected chi connectivity index (χ0v) is 18.9.